The van der Waals surface area contributed by atoms with E-state index in [4.69, 9.17) is 30.5 Å². The molecule has 1 saturated heterocycles. The van der Waals surface area contributed by atoms with Crippen molar-refractivity contribution in [3.05, 3.63) is 47.3 Å². The summed E-state index contributed by atoms with van der Waals surface area (Å²) in [4.78, 5) is 8.25. The van der Waals surface area contributed by atoms with Crippen molar-refractivity contribution in [1.29, 1.82) is 0 Å². The third kappa shape index (κ3) is 5.35. The number of methoxy groups -OCH3 is 3. The molecule has 4 atom stereocenters. The summed E-state index contributed by atoms with van der Waals surface area (Å²) in [6.45, 7) is 4.08. The minimum Gasteiger partial charge on any atom is -0.494 e. The van der Waals surface area contributed by atoms with Gasteiger partial charge in [-0.05, 0) is 31.4 Å². The lowest BCUT2D eigenvalue weighted by Crippen LogP contribution is -2.33. The van der Waals surface area contributed by atoms with Crippen molar-refractivity contribution < 1.29 is 27.4 Å². The molecule has 0 spiro atoms. The number of nitrogens with zero attached hydrogens (tertiary/aromatic N) is 5. The zero-order valence-corrected chi connectivity index (χ0v) is 22.7. The van der Waals surface area contributed by atoms with Crippen molar-refractivity contribution in [3.8, 4) is 17.2 Å². The minimum atomic E-state index is -4.11. The Balaban J connectivity index is 1.80. The van der Waals surface area contributed by atoms with E-state index in [2.05, 4.69) is 24.9 Å². The predicted molar refractivity (Wildman–Crippen MR) is 136 cm³/mol. The molecule has 0 radical (unpaired) electrons. The number of benzene rings is 1. The molecule has 1 N–H and O–H groups in total. The molecule has 12 nitrogen and oxygen atoms in total. The Bertz CT molecular complexity index is 1310. The lowest BCUT2D eigenvalue weighted by molar-refractivity contribution is 0.0858. The summed E-state index contributed by atoms with van der Waals surface area (Å²) in [6, 6.07) is 5.24. The van der Waals surface area contributed by atoms with E-state index in [1.54, 1.807) is 22.8 Å². The quantitative estimate of drug-likeness (QED) is 0.398. The van der Waals surface area contributed by atoms with Crippen molar-refractivity contribution in [2.45, 2.75) is 37.7 Å². The number of rotatable bonds is 10. The number of sulfonamides is 1. The van der Waals surface area contributed by atoms with Crippen LogP contribution >= 0.6 is 11.6 Å². The van der Waals surface area contributed by atoms with Gasteiger partial charge in [0.15, 0.2) is 11.6 Å². The van der Waals surface area contributed by atoms with Crippen LogP contribution in [0.15, 0.2) is 30.6 Å². The average molecular weight is 553 g/mol. The van der Waals surface area contributed by atoms with Gasteiger partial charge in [0.1, 0.15) is 34.6 Å². The Hall–Kier alpha value is -3.00. The van der Waals surface area contributed by atoms with Gasteiger partial charge in [0, 0.05) is 26.1 Å². The van der Waals surface area contributed by atoms with Gasteiger partial charge in [-0.1, -0.05) is 24.6 Å². The monoisotopic (exact) mass is 552 g/mol. The molecular weight excluding hydrogens is 524 g/mol. The summed E-state index contributed by atoms with van der Waals surface area (Å²) in [5, 5.41) is 7.74. The Morgan fingerprint density at radius 2 is 1.78 bits per heavy atom. The van der Waals surface area contributed by atoms with E-state index in [1.807, 2.05) is 6.92 Å². The minimum absolute atomic E-state index is 0.0563. The van der Waals surface area contributed by atoms with Gasteiger partial charge in [-0.2, -0.15) is 0 Å². The van der Waals surface area contributed by atoms with Gasteiger partial charge in [0.2, 0.25) is 16.0 Å². The van der Waals surface area contributed by atoms with Crippen LogP contribution in [-0.2, 0) is 19.5 Å². The number of para-hydroxylation sites is 1. The molecule has 1 aromatic carbocycles. The number of aromatic nitrogens is 5. The summed E-state index contributed by atoms with van der Waals surface area (Å²) in [6.07, 6.45) is 2.19. The first-order chi connectivity index (χ1) is 17.7. The summed E-state index contributed by atoms with van der Waals surface area (Å²) in [5.41, 5.74) is 0.435. The average Bonchev–Trinajstić information content (AvgIpc) is 3.49. The number of hydrogen-bond donors (Lipinski definition) is 1. The number of ether oxygens (including phenoxy) is 4. The molecule has 4 rings (SSSR count). The van der Waals surface area contributed by atoms with E-state index in [1.165, 1.54) is 40.6 Å². The molecule has 2 aromatic heterocycles. The highest BCUT2D eigenvalue weighted by Gasteiger charge is 2.37. The van der Waals surface area contributed by atoms with Gasteiger partial charge in [-0.3, -0.25) is 9.29 Å². The third-order valence-electron chi connectivity index (χ3n) is 6.25. The van der Waals surface area contributed by atoms with Crippen molar-refractivity contribution in [1.82, 2.24) is 24.7 Å². The first-order valence-electron chi connectivity index (χ1n) is 11.5. The molecule has 37 heavy (non-hydrogen) atoms. The lowest BCUT2D eigenvalue weighted by Gasteiger charge is -2.23. The maximum Gasteiger partial charge on any atom is 0.243 e. The molecule has 0 unspecified atom stereocenters. The van der Waals surface area contributed by atoms with Crippen molar-refractivity contribution in [3.63, 3.8) is 0 Å². The van der Waals surface area contributed by atoms with Crippen molar-refractivity contribution >= 4 is 27.6 Å². The summed E-state index contributed by atoms with van der Waals surface area (Å²) in [5.74, 6) is 1.54. The zero-order valence-electron chi connectivity index (χ0n) is 21.1. The highest BCUT2D eigenvalue weighted by Crippen LogP contribution is 2.40. The Labute approximate surface area is 220 Å². The molecule has 1 fully saturated rings. The predicted octanol–water partition coefficient (Wildman–Crippen LogP) is 3.34. The van der Waals surface area contributed by atoms with E-state index in [0.717, 1.165) is 6.42 Å². The molecule has 3 heterocycles. The molecule has 0 saturated carbocycles. The van der Waals surface area contributed by atoms with Crippen LogP contribution in [0.4, 0.5) is 5.95 Å². The van der Waals surface area contributed by atoms with Crippen LogP contribution in [0.3, 0.4) is 0 Å². The smallest absolute Gasteiger partial charge is 0.243 e. The van der Waals surface area contributed by atoms with Gasteiger partial charge in [-0.25, -0.2) is 18.4 Å². The van der Waals surface area contributed by atoms with Gasteiger partial charge >= 0.3 is 0 Å². The fourth-order valence-electron chi connectivity index (χ4n) is 4.20. The second kappa shape index (κ2) is 11.2. The van der Waals surface area contributed by atoms with Gasteiger partial charge < -0.3 is 18.9 Å². The van der Waals surface area contributed by atoms with Crippen molar-refractivity contribution in [2.24, 2.45) is 5.92 Å². The lowest BCUT2D eigenvalue weighted by atomic mass is 10.0. The van der Waals surface area contributed by atoms with Crippen molar-refractivity contribution in [2.75, 3.05) is 32.7 Å². The summed E-state index contributed by atoms with van der Waals surface area (Å²) < 4.78 is 53.9. The molecular formula is C23H29ClN6O6S. The SMILES string of the molecule is COc1cccc(OC)c1-n1c(NS(=O)(=O)[C@@H](C)[C@H](OC)c2ncc(Cl)cn2)nnc1[C@H]1OCC[C@H]1C. The second-order valence-electron chi connectivity index (χ2n) is 8.55. The van der Waals surface area contributed by atoms with Crippen LogP contribution in [0.1, 0.15) is 44.1 Å². The third-order valence-corrected chi connectivity index (χ3v) is 8.14. The van der Waals surface area contributed by atoms with E-state index < -0.39 is 27.5 Å². The standard InChI is InChI=1S/C23H29ClN6O6S/c1-13-9-10-36-19(13)22-27-28-23(30(22)18-16(33-3)7-6-8-17(18)34-4)29-37(31,32)14(2)20(35-5)21-25-11-15(24)12-26-21/h6-8,11-14,19-20H,9-10H2,1-5H3,(H,28,29)/t13-,14+,19+,20+/m1/s1. The molecule has 1 aliphatic heterocycles. The molecule has 0 aliphatic carbocycles. The van der Waals surface area contributed by atoms with Crippen LogP contribution in [0, 0.1) is 5.92 Å². The van der Waals surface area contributed by atoms with Crippen LogP contribution in [0.5, 0.6) is 11.5 Å². The maximum absolute atomic E-state index is 13.6. The van der Waals surface area contributed by atoms with E-state index in [0.29, 0.717) is 34.6 Å². The first kappa shape index (κ1) is 27.0. The van der Waals surface area contributed by atoms with Crippen LogP contribution in [-0.4, -0.2) is 66.3 Å². The van der Waals surface area contributed by atoms with E-state index in [9.17, 15) is 8.42 Å². The molecule has 200 valence electrons. The zero-order chi connectivity index (χ0) is 26.7. The normalized spacial score (nSPS) is 19.4. The fourth-order valence-corrected chi connectivity index (χ4v) is 5.43. The van der Waals surface area contributed by atoms with Gasteiger partial charge in [-0.15, -0.1) is 10.2 Å². The Morgan fingerprint density at radius 1 is 1.14 bits per heavy atom. The highest BCUT2D eigenvalue weighted by atomic mass is 35.5. The molecule has 0 amide bonds. The second-order valence-corrected chi connectivity index (χ2v) is 11.0. The largest absolute Gasteiger partial charge is 0.494 e. The number of nitrogens with one attached hydrogen (secondary N) is 1. The summed E-state index contributed by atoms with van der Waals surface area (Å²) in [7, 11) is 0.297. The molecule has 3 aromatic rings. The van der Waals surface area contributed by atoms with Gasteiger partial charge in [0.05, 0.1) is 19.2 Å². The summed E-state index contributed by atoms with van der Waals surface area (Å²) >= 11 is 5.88. The molecule has 14 heteroatoms. The van der Waals surface area contributed by atoms with Crippen LogP contribution in [0.2, 0.25) is 5.02 Å². The molecule has 1 aliphatic rings. The molecule has 0 bridgehead atoms. The first-order valence-corrected chi connectivity index (χ1v) is 13.4. The number of hydrogen-bond acceptors (Lipinski definition) is 10. The van der Waals surface area contributed by atoms with E-state index in [-0.39, 0.29) is 17.7 Å². The Morgan fingerprint density at radius 3 is 2.32 bits per heavy atom. The fraction of sp³-hybridized carbons (Fsp3) is 0.478. The van der Waals surface area contributed by atoms with Crippen LogP contribution < -0.4 is 14.2 Å². The topological polar surface area (TPSA) is 140 Å². The highest BCUT2D eigenvalue weighted by molar-refractivity contribution is 7.93. The van der Waals surface area contributed by atoms with Crippen LogP contribution in [0.25, 0.3) is 5.69 Å². The number of halogens is 1. The number of anilines is 1. The van der Waals surface area contributed by atoms with Gasteiger partial charge in [0.25, 0.3) is 0 Å². The van der Waals surface area contributed by atoms with E-state index >= 15 is 0 Å². The Kier molecular flexibility index (Phi) is 8.17. The maximum atomic E-state index is 13.6.